The summed E-state index contributed by atoms with van der Waals surface area (Å²) < 4.78 is 11.8. The van der Waals surface area contributed by atoms with Crippen molar-refractivity contribution < 1.29 is 49.7 Å². The van der Waals surface area contributed by atoms with E-state index in [0.717, 1.165) is 13.1 Å². The largest absolute Gasteiger partial charge is 0.507 e. The second kappa shape index (κ2) is 16.9. The van der Waals surface area contributed by atoms with Crippen LogP contribution in [0.2, 0.25) is 0 Å². The fourth-order valence-electron chi connectivity index (χ4n) is 7.98. The number of nitrogens with zero attached hydrogens (tertiary/aromatic N) is 3. The van der Waals surface area contributed by atoms with Crippen molar-refractivity contribution in [2.75, 3.05) is 45.7 Å². The van der Waals surface area contributed by atoms with Gasteiger partial charge in [-0.15, -0.1) is 0 Å². The van der Waals surface area contributed by atoms with Gasteiger partial charge in [-0.2, -0.15) is 5.10 Å². The minimum atomic E-state index is -1.51. The Bertz CT molecular complexity index is 1950. The molecule has 3 heterocycles. The van der Waals surface area contributed by atoms with E-state index in [2.05, 4.69) is 15.3 Å². The number of ketones is 1. The number of amides is 1. The number of aromatic hydroxyl groups is 3. The highest BCUT2D eigenvalue weighted by molar-refractivity contribution is 6.23. The fourth-order valence-corrected chi connectivity index (χ4v) is 7.98. The van der Waals surface area contributed by atoms with E-state index in [1.54, 1.807) is 71.7 Å². The number of hydrazone groups is 1. The minimum Gasteiger partial charge on any atom is -0.507 e. The minimum absolute atomic E-state index is 0.0133. The average Bonchev–Trinajstić information content (AvgIpc) is 3.44. The molecule has 2 aromatic rings. The van der Waals surface area contributed by atoms with Crippen LogP contribution in [0.4, 0.5) is 5.69 Å². The van der Waals surface area contributed by atoms with Crippen LogP contribution >= 0.6 is 0 Å². The maximum Gasteiger partial charge on any atom is 0.251 e. The van der Waals surface area contributed by atoms with Crippen molar-refractivity contribution >= 4 is 34.4 Å². The first-order valence-electron chi connectivity index (χ1n) is 19.2. The van der Waals surface area contributed by atoms with Gasteiger partial charge in [0.25, 0.3) is 5.91 Å². The molecule has 6 rings (SSSR count). The molecule has 14 nitrogen and oxygen atoms in total. The third-order valence-corrected chi connectivity index (χ3v) is 12.1. The number of Topliss-reactive ketones (excluding diaryl/α,β-unsaturated/α-hetero) is 1. The standard InChI is InChI=1S/C42H58N4O10/c1-21-11-10-12-22(2)41(54)44-33-28(20-43-46-16-14-45(8)15-17-46)38(51)31-30-27(23(3)37(50)32(31)39(33)52)19-42(7,40(30)53)56-18-13-29(55-9)24(4)35(48)26(6)36(49)25(5)34(21)47/h10-13,18,20-21,24-26,29,34-36,47-52H,14-17,19H2,1-9H3,(H,44,54)/b11-10+,18-13+,22-12-,43-20-/t21-,24-,25-,26+,29+,34+,35-,36+,42+/m1/s1. The molecule has 1 saturated heterocycles. The molecule has 3 aliphatic heterocycles. The smallest absolute Gasteiger partial charge is 0.251 e. The van der Waals surface area contributed by atoms with Gasteiger partial charge >= 0.3 is 0 Å². The summed E-state index contributed by atoms with van der Waals surface area (Å²) in [6.07, 6.45) is 5.21. The van der Waals surface area contributed by atoms with Gasteiger partial charge < -0.3 is 50.3 Å². The van der Waals surface area contributed by atoms with Crippen molar-refractivity contribution in [3.63, 3.8) is 0 Å². The van der Waals surface area contributed by atoms with Crippen molar-refractivity contribution in [1.82, 2.24) is 9.91 Å². The number of carbonyl (C=O) groups is 2. The van der Waals surface area contributed by atoms with Gasteiger partial charge in [0.05, 0.1) is 53.5 Å². The van der Waals surface area contributed by atoms with Crippen molar-refractivity contribution in [1.29, 1.82) is 0 Å². The molecule has 1 aliphatic carbocycles. The highest BCUT2D eigenvalue weighted by Crippen LogP contribution is 2.53. The molecule has 1 amide bonds. The molecule has 4 aliphatic rings. The van der Waals surface area contributed by atoms with Gasteiger partial charge in [0.2, 0.25) is 5.78 Å². The molecule has 0 saturated carbocycles. The Morgan fingerprint density at radius 2 is 1.52 bits per heavy atom. The number of carbonyl (C=O) groups excluding carboxylic acids is 2. The van der Waals surface area contributed by atoms with E-state index in [1.807, 2.05) is 7.05 Å². The molecule has 0 spiro atoms. The highest BCUT2D eigenvalue weighted by atomic mass is 16.5. The van der Waals surface area contributed by atoms with Crippen LogP contribution in [0.15, 0.2) is 41.2 Å². The number of anilines is 1. The Morgan fingerprint density at radius 3 is 2.16 bits per heavy atom. The Morgan fingerprint density at radius 1 is 0.893 bits per heavy atom. The van der Waals surface area contributed by atoms with Gasteiger partial charge in [-0.05, 0) is 45.0 Å². The second-order valence-corrected chi connectivity index (χ2v) is 16.0. The number of aliphatic hydroxyl groups excluding tert-OH is 3. The average molecular weight is 779 g/mol. The first kappa shape index (κ1) is 42.7. The zero-order valence-electron chi connectivity index (χ0n) is 33.8. The lowest BCUT2D eigenvalue weighted by Crippen LogP contribution is -2.44. The quantitative estimate of drug-likeness (QED) is 0.134. The van der Waals surface area contributed by atoms with Gasteiger partial charge in [-0.1, -0.05) is 45.9 Å². The molecule has 2 aromatic carbocycles. The maximum absolute atomic E-state index is 14.4. The summed E-state index contributed by atoms with van der Waals surface area (Å²) in [5.74, 6) is -4.89. The summed E-state index contributed by atoms with van der Waals surface area (Å²) in [5.41, 5.74) is -0.823. The summed E-state index contributed by atoms with van der Waals surface area (Å²) in [6.45, 7) is 14.3. The third kappa shape index (κ3) is 8.03. The number of likely N-dealkylation sites (N-methyl/N-ethyl adjacent to an activating group) is 1. The summed E-state index contributed by atoms with van der Waals surface area (Å²) in [5, 5.41) is 78.2. The Kier molecular flexibility index (Phi) is 12.9. The van der Waals surface area contributed by atoms with Crippen molar-refractivity contribution in [3.05, 3.63) is 58.4 Å². The molecule has 7 N–H and O–H groups in total. The van der Waals surface area contributed by atoms with E-state index >= 15 is 0 Å². The lowest BCUT2D eigenvalue weighted by Gasteiger charge is -2.36. The van der Waals surface area contributed by atoms with Crippen LogP contribution in [0.5, 0.6) is 17.2 Å². The number of aliphatic hydroxyl groups is 3. The first-order valence-corrected chi connectivity index (χ1v) is 19.2. The predicted octanol–water partition coefficient (Wildman–Crippen LogP) is 3.97. The van der Waals surface area contributed by atoms with Crippen LogP contribution in [0.1, 0.15) is 68.6 Å². The summed E-state index contributed by atoms with van der Waals surface area (Å²) in [6, 6.07) is 0. The number of nitrogens with one attached hydrogen (secondary N) is 1. The summed E-state index contributed by atoms with van der Waals surface area (Å²) >= 11 is 0. The molecule has 0 aromatic heterocycles. The summed E-state index contributed by atoms with van der Waals surface area (Å²) in [7, 11) is 3.47. The molecule has 1 fully saturated rings. The van der Waals surface area contributed by atoms with E-state index in [1.165, 1.54) is 25.7 Å². The van der Waals surface area contributed by atoms with Crippen molar-refractivity contribution in [3.8, 4) is 17.2 Å². The number of hydrogen-bond acceptors (Lipinski definition) is 13. The molecule has 5 bridgehead atoms. The normalized spacial score (nSPS) is 33.4. The topological polar surface area (TPSA) is 205 Å². The number of phenolic OH excluding ortho intramolecular Hbond substituents is 3. The van der Waals surface area contributed by atoms with E-state index in [4.69, 9.17) is 9.47 Å². The number of ether oxygens (including phenoxy) is 2. The fraction of sp³-hybridized carbons (Fsp3) is 0.548. The molecule has 0 radical (unpaired) electrons. The number of phenols is 3. The lowest BCUT2D eigenvalue weighted by molar-refractivity contribution is -0.112. The number of rotatable bonds is 3. The lowest BCUT2D eigenvalue weighted by atomic mass is 9.78. The highest BCUT2D eigenvalue weighted by Gasteiger charge is 2.47. The van der Waals surface area contributed by atoms with E-state index in [0.29, 0.717) is 24.2 Å². The van der Waals surface area contributed by atoms with Gasteiger partial charge in [0.1, 0.15) is 11.5 Å². The van der Waals surface area contributed by atoms with Crippen LogP contribution in [0.25, 0.3) is 10.8 Å². The first-order chi connectivity index (χ1) is 26.3. The maximum atomic E-state index is 14.4. The Labute approximate surface area is 328 Å². The van der Waals surface area contributed by atoms with Gasteiger partial charge in [0, 0.05) is 79.9 Å². The number of piperazine rings is 1. The monoisotopic (exact) mass is 778 g/mol. The van der Waals surface area contributed by atoms with Crippen LogP contribution in [-0.4, -0.2) is 129 Å². The number of allylic oxidation sites excluding steroid dienone is 2. The zero-order chi connectivity index (χ0) is 41.4. The molecular formula is C42H58N4O10. The molecule has 56 heavy (non-hydrogen) atoms. The van der Waals surface area contributed by atoms with Crippen LogP contribution in [0, 0.1) is 30.6 Å². The SMILES string of the molecule is CO[C@H]1/C=C/O[C@@]2(C)Cc3c(C)c(O)c4c(O)c(c(/C=N\N5CCN(C)CC5)c(O)c4c3C2=O)NC(=O)/C(C)=C\C=C\[C@@H](C)[C@H](O)[C@@H](C)[C@H](O)[C@@H](C)[C@H](O)[C@@H]1C. The number of benzene rings is 2. The van der Waals surface area contributed by atoms with E-state index < -0.39 is 76.9 Å². The van der Waals surface area contributed by atoms with Crippen LogP contribution in [-0.2, 0) is 20.7 Å². The summed E-state index contributed by atoms with van der Waals surface area (Å²) in [4.78, 5) is 30.3. The predicted molar refractivity (Wildman–Crippen MR) is 214 cm³/mol. The van der Waals surface area contributed by atoms with Gasteiger partial charge in [0.15, 0.2) is 11.4 Å². The Balaban J connectivity index is 1.70. The van der Waals surface area contributed by atoms with Gasteiger partial charge in [-0.3, -0.25) is 14.6 Å². The molecule has 306 valence electrons. The van der Waals surface area contributed by atoms with Crippen LogP contribution < -0.4 is 5.32 Å². The molecule has 9 atom stereocenters. The second-order valence-electron chi connectivity index (χ2n) is 16.0. The number of hydrogen-bond donors (Lipinski definition) is 7. The van der Waals surface area contributed by atoms with Gasteiger partial charge in [-0.25, -0.2) is 0 Å². The molecule has 14 heteroatoms. The Hall–Kier alpha value is -4.47. The van der Waals surface area contributed by atoms with Crippen molar-refractivity contribution in [2.45, 2.75) is 84.9 Å². The van der Waals surface area contributed by atoms with Crippen LogP contribution in [0.3, 0.4) is 0 Å². The van der Waals surface area contributed by atoms with Crippen molar-refractivity contribution in [2.24, 2.45) is 28.8 Å². The number of fused-ring (bicyclic) bond motifs is 14. The zero-order valence-corrected chi connectivity index (χ0v) is 33.8. The molecule has 0 unspecified atom stereocenters. The number of methoxy groups -OCH3 is 1. The third-order valence-electron chi connectivity index (χ3n) is 12.1. The van der Waals surface area contributed by atoms with E-state index in [-0.39, 0.29) is 45.3 Å². The van der Waals surface area contributed by atoms with E-state index in [9.17, 15) is 40.2 Å². The molecular weight excluding hydrogens is 720 g/mol.